The van der Waals surface area contributed by atoms with Gasteiger partial charge in [0.05, 0.1) is 5.54 Å². The van der Waals surface area contributed by atoms with Crippen molar-refractivity contribution in [2.45, 2.75) is 25.8 Å². The predicted molar refractivity (Wildman–Crippen MR) is 58.8 cm³/mol. The van der Waals surface area contributed by atoms with Crippen molar-refractivity contribution in [3.63, 3.8) is 0 Å². The highest BCUT2D eigenvalue weighted by Gasteiger charge is 2.26. The molecule has 0 radical (unpaired) electrons. The molecule has 0 saturated carbocycles. The molecule has 2 N–H and O–H groups in total. The molecule has 2 heterocycles. The van der Waals surface area contributed by atoms with Gasteiger partial charge in [-0.15, -0.1) is 0 Å². The van der Waals surface area contributed by atoms with Crippen molar-refractivity contribution in [2.75, 3.05) is 0 Å². The molecule has 1 unspecified atom stereocenters. The zero-order chi connectivity index (χ0) is 11.8. The standard InChI is InChI=1S/C10H12ClN3O2/c1-3-10(2,12)9-13-8(16-14-9)6-4-5-7(11)15-6/h4-5H,3,12H2,1-2H3. The normalized spacial score (nSPS) is 15.0. The van der Waals surface area contributed by atoms with Crippen LogP contribution in [0.5, 0.6) is 0 Å². The van der Waals surface area contributed by atoms with Gasteiger partial charge >= 0.3 is 0 Å². The first-order valence-electron chi connectivity index (χ1n) is 4.91. The molecule has 86 valence electrons. The van der Waals surface area contributed by atoms with Gasteiger partial charge in [-0.1, -0.05) is 12.1 Å². The Morgan fingerprint density at radius 2 is 2.25 bits per heavy atom. The predicted octanol–water partition coefficient (Wildman–Crippen LogP) is 2.57. The number of halogens is 1. The molecule has 0 aliphatic carbocycles. The first-order chi connectivity index (χ1) is 7.53. The minimum Gasteiger partial charge on any atom is -0.440 e. The van der Waals surface area contributed by atoms with Crippen LogP contribution in [0, 0.1) is 0 Å². The molecule has 1 atom stereocenters. The quantitative estimate of drug-likeness (QED) is 0.894. The summed E-state index contributed by atoms with van der Waals surface area (Å²) in [5.41, 5.74) is 5.39. The summed E-state index contributed by atoms with van der Waals surface area (Å²) < 4.78 is 10.2. The van der Waals surface area contributed by atoms with Gasteiger partial charge < -0.3 is 14.7 Å². The first kappa shape index (κ1) is 11.2. The number of nitrogens with zero attached hydrogens (tertiary/aromatic N) is 2. The second-order valence-electron chi connectivity index (χ2n) is 3.80. The SMILES string of the molecule is CCC(C)(N)c1noc(-c2ccc(Cl)o2)n1. The van der Waals surface area contributed by atoms with Gasteiger partial charge in [-0.3, -0.25) is 0 Å². The largest absolute Gasteiger partial charge is 0.440 e. The molecule has 0 aliphatic rings. The Kier molecular flexibility index (Phi) is 2.73. The lowest BCUT2D eigenvalue weighted by Gasteiger charge is -2.16. The van der Waals surface area contributed by atoms with Crippen LogP contribution in [0.1, 0.15) is 26.1 Å². The summed E-state index contributed by atoms with van der Waals surface area (Å²) in [6.45, 7) is 3.80. The van der Waals surface area contributed by atoms with Crippen LogP contribution >= 0.6 is 11.6 Å². The molecule has 0 spiro atoms. The third-order valence-corrected chi connectivity index (χ3v) is 2.66. The van der Waals surface area contributed by atoms with E-state index in [1.807, 2.05) is 13.8 Å². The van der Waals surface area contributed by atoms with Crippen molar-refractivity contribution in [3.8, 4) is 11.7 Å². The third kappa shape index (κ3) is 1.96. The molecule has 16 heavy (non-hydrogen) atoms. The number of nitrogens with two attached hydrogens (primary N) is 1. The number of aromatic nitrogens is 2. The topological polar surface area (TPSA) is 78.1 Å². The van der Waals surface area contributed by atoms with Crippen LogP contribution in [0.15, 0.2) is 21.1 Å². The average molecular weight is 242 g/mol. The minimum absolute atomic E-state index is 0.278. The second-order valence-corrected chi connectivity index (χ2v) is 4.17. The Morgan fingerprint density at radius 3 is 2.81 bits per heavy atom. The van der Waals surface area contributed by atoms with Crippen LogP contribution in [0.3, 0.4) is 0 Å². The monoisotopic (exact) mass is 241 g/mol. The molecular formula is C10H12ClN3O2. The number of hydrogen-bond donors (Lipinski definition) is 1. The minimum atomic E-state index is -0.599. The molecule has 0 saturated heterocycles. The lowest BCUT2D eigenvalue weighted by atomic mass is 10.0. The van der Waals surface area contributed by atoms with Gasteiger partial charge in [-0.2, -0.15) is 4.98 Å². The molecule has 0 fully saturated rings. The number of rotatable bonds is 3. The van der Waals surface area contributed by atoms with Crippen molar-refractivity contribution in [1.82, 2.24) is 10.1 Å². The van der Waals surface area contributed by atoms with Gasteiger partial charge in [0.25, 0.3) is 5.89 Å². The van der Waals surface area contributed by atoms with Crippen LogP contribution < -0.4 is 5.73 Å². The Hall–Kier alpha value is -1.33. The second kappa shape index (κ2) is 3.92. The van der Waals surface area contributed by atoms with Crippen LogP contribution in [0.2, 0.25) is 5.22 Å². The molecule has 5 nitrogen and oxygen atoms in total. The summed E-state index contributed by atoms with van der Waals surface area (Å²) in [6, 6.07) is 3.28. The molecule has 2 aromatic heterocycles. The number of hydrogen-bond acceptors (Lipinski definition) is 5. The smallest absolute Gasteiger partial charge is 0.293 e. The molecule has 2 aromatic rings. The Bertz CT molecular complexity index is 490. The van der Waals surface area contributed by atoms with Crippen molar-refractivity contribution in [2.24, 2.45) is 5.73 Å². The van der Waals surface area contributed by atoms with E-state index in [9.17, 15) is 0 Å². The Balaban J connectivity index is 2.33. The van der Waals surface area contributed by atoms with Crippen molar-refractivity contribution >= 4 is 11.6 Å². The highest BCUT2D eigenvalue weighted by atomic mass is 35.5. The van der Waals surface area contributed by atoms with Gasteiger partial charge in [-0.25, -0.2) is 0 Å². The van der Waals surface area contributed by atoms with E-state index in [1.54, 1.807) is 12.1 Å². The van der Waals surface area contributed by atoms with Crippen LogP contribution in [-0.2, 0) is 5.54 Å². The zero-order valence-electron chi connectivity index (χ0n) is 9.03. The molecular weight excluding hydrogens is 230 g/mol. The Labute approximate surface area is 97.6 Å². The zero-order valence-corrected chi connectivity index (χ0v) is 9.78. The van der Waals surface area contributed by atoms with E-state index in [0.717, 1.165) is 0 Å². The van der Waals surface area contributed by atoms with E-state index < -0.39 is 5.54 Å². The highest BCUT2D eigenvalue weighted by molar-refractivity contribution is 6.28. The van der Waals surface area contributed by atoms with E-state index in [2.05, 4.69) is 10.1 Å². The summed E-state index contributed by atoms with van der Waals surface area (Å²) in [4.78, 5) is 4.18. The van der Waals surface area contributed by atoms with Crippen molar-refractivity contribution < 1.29 is 8.94 Å². The van der Waals surface area contributed by atoms with Crippen molar-refractivity contribution in [1.29, 1.82) is 0 Å². The van der Waals surface area contributed by atoms with Crippen molar-refractivity contribution in [3.05, 3.63) is 23.2 Å². The molecule has 0 aromatic carbocycles. The molecule has 0 bridgehead atoms. The summed E-state index contributed by atoms with van der Waals surface area (Å²) in [7, 11) is 0. The summed E-state index contributed by atoms with van der Waals surface area (Å²) in [5, 5.41) is 4.11. The Morgan fingerprint density at radius 1 is 1.50 bits per heavy atom. The number of furan rings is 1. The van der Waals surface area contributed by atoms with E-state index in [1.165, 1.54) is 0 Å². The highest BCUT2D eigenvalue weighted by Crippen LogP contribution is 2.25. The molecule has 0 amide bonds. The third-order valence-electron chi connectivity index (χ3n) is 2.46. The summed E-state index contributed by atoms with van der Waals surface area (Å²) in [6.07, 6.45) is 0.713. The van der Waals surface area contributed by atoms with Crippen LogP contribution in [-0.4, -0.2) is 10.1 Å². The first-order valence-corrected chi connectivity index (χ1v) is 5.29. The van der Waals surface area contributed by atoms with Gasteiger partial charge in [-0.05, 0) is 37.1 Å². The van der Waals surface area contributed by atoms with Gasteiger partial charge in [0.2, 0.25) is 0 Å². The maximum Gasteiger partial charge on any atom is 0.293 e. The van der Waals surface area contributed by atoms with E-state index in [4.69, 9.17) is 26.3 Å². The molecule has 2 rings (SSSR count). The van der Waals surface area contributed by atoms with E-state index in [0.29, 0.717) is 18.0 Å². The van der Waals surface area contributed by atoms with Crippen LogP contribution in [0.4, 0.5) is 0 Å². The van der Waals surface area contributed by atoms with Crippen LogP contribution in [0.25, 0.3) is 11.7 Å². The van der Waals surface area contributed by atoms with Gasteiger partial charge in [0.15, 0.2) is 16.8 Å². The fourth-order valence-corrected chi connectivity index (χ4v) is 1.29. The van der Waals surface area contributed by atoms with E-state index in [-0.39, 0.29) is 11.1 Å². The fourth-order valence-electron chi connectivity index (χ4n) is 1.14. The molecule has 0 aliphatic heterocycles. The van der Waals surface area contributed by atoms with Gasteiger partial charge in [0.1, 0.15) is 0 Å². The maximum atomic E-state index is 5.99. The van der Waals surface area contributed by atoms with E-state index >= 15 is 0 Å². The average Bonchev–Trinajstić information content (AvgIpc) is 2.85. The molecule has 6 heteroatoms. The fraction of sp³-hybridized carbons (Fsp3) is 0.400. The lowest BCUT2D eigenvalue weighted by molar-refractivity contribution is 0.374. The lowest BCUT2D eigenvalue weighted by Crippen LogP contribution is -2.33. The van der Waals surface area contributed by atoms with Gasteiger partial charge in [0, 0.05) is 0 Å². The maximum absolute atomic E-state index is 5.99. The summed E-state index contributed by atoms with van der Waals surface area (Å²) >= 11 is 5.65. The summed E-state index contributed by atoms with van der Waals surface area (Å²) in [5.74, 6) is 1.18.